The maximum Gasteiger partial charge on any atom is 0.417 e. The lowest BCUT2D eigenvalue weighted by atomic mass is 10.0. The van der Waals surface area contributed by atoms with Gasteiger partial charge in [-0.3, -0.25) is 5.41 Å². The first-order chi connectivity index (χ1) is 8.57. The molecule has 0 amide bonds. The SMILES string of the molecule is CCC(C)(C)Oc1ccc(C(F)(F)F)c(C(=N)N)c1. The van der Waals surface area contributed by atoms with Gasteiger partial charge in [0.05, 0.1) is 5.56 Å². The normalized spacial score (nSPS) is 12.3. The molecule has 0 aliphatic rings. The van der Waals surface area contributed by atoms with Crippen LogP contribution in [0, 0.1) is 5.41 Å². The molecule has 0 aliphatic carbocycles. The Hall–Kier alpha value is -1.72. The highest BCUT2D eigenvalue weighted by atomic mass is 19.4. The van der Waals surface area contributed by atoms with Crippen LogP contribution in [-0.2, 0) is 6.18 Å². The van der Waals surface area contributed by atoms with Crippen LogP contribution in [0.1, 0.15) is 38.3 Å². The molecule has 0 radical (unpaired) electrons. The fourth-order valence-electron chi connectivity index (χ4n) is 1.45. The van der Waals surface area contributed by atoms with Gasteiger partial charge >= 0.3 is 6.18 Å². The summed E-state index contributed by atoms with van der Waals surface area (Å²) in [6.07, 6.45) is -3.84. The van der Waals surface area contributed by atoms with Gasteiger partial charge in [0.15, 0.2) is 0 Å². The number of nitrogens with one attached hydrogen (secondary N) is 1. The maximum absolute atomic E-state index is 12.8. The molecule has 0 bridgehead atoms. The van der Waals surface area contributed by atoms with E-state index < -0.39 is 23.2 Å². The summed E-state index contributed by atoms with van der Waals surface area (Å²) in [7, 11) is 0. The highest BCUT2D eigenvalue weighted by Crippen LogP contribution is 2.34. The van der Waals surface area contributed by atoms with Crippen LogP contribution in [0.15, 0.2) is 18.2 Å². The molecule has 0 saturated carbocycles. The van der Waals surface area contributed by atoms with Gasteiger partial charge in [-0.15, -0.1) is 0 Å². The number of benzene rings is 1. The first-order valence-electron chi connectivity index (χ1n) is 5.81. The average molecular weight is 274 g/mol. The van der Waals surface area contributed by atoms with E-state index >= 15 is 0 Å². The minimum absolute atomic E-state index is 0.269. The quantitative estimate of drug-likeness (QED) is 0.651. The lowest BCUT2D eigenvalue weighted by Gasteiger charge is -2.25. The largest absolute Gasteiger partial charge is 0.488 e. The van der Waals surface area contributed by atoms with Crippen molar-refractivity contribution >= 4 is 5.84 Å². The first-order valence-corrected chi connectivity index (χ1v) is 5.81. The molecule has 1 aromatic carbocycles. The Balaban J connectivity index is 3.21. The zero-order chi connectivity index (χ0) is 14.8. The van der Waals surface area contributed by atoms with Crippen LogP contribution in [0.5, 0.6) is 5.75 Å². The number of nitrogen functional groups attached to an aromatic ring is 1. The number of rotatable bonds is 4. The third-order valence-electron chi connectivity index (χ3n) is 2.83. The molecule has 0 aromatic heterocycles. The van der Waals surface area contributed by atoms with Gasteiger partial charge in [-0.1, -0.05) is 6.92 Å². The van der Waals surface area contributed by atoms with Crippen molar-refractivity contribution < 1.29 is 17.9 Å². The molecule has 0 atom stereocenters. The van der Waals surface area contributed by atoms with Crippen LogP contribution < -0.4 is 10.5 Å². The number of hydrogen-bond donors (Lipinski definition) is 2. The number of hydrogen-bond acceptors (Lipinski definition) is 2. The monoisotopic (exact) mass is 274 g/mol. The molecule has 106 valence electrons. The molecule has 19 heavy (non-hydrogen) atoms. The second kappa shape index (κ2) is 5.11. The van der Waals surface area contributed by atoms with Crippen molar-refractivity contribution in [2.45, 2.75) is 39.0 Å². The first kappa shape index (κ1) is 15.3. The Morgan fingerprint density at radius 3 is 2.32 bits per heavy atom. The van der Waals surface area contributed by atoms with Gasteiger partial charge in [0.2, 0.25) is 0 Å². The van der Waals surface area contributed by atoms with E-state index in [2.05, 4.69) is 0 Å². The van der Waals surface area contributed by atoms with E-state index in [1.807, 2.05) is 20.8 Å². The Morgan fingerprint density at radius 1 is 1.32 bits per heavy atom. The Kier molecular flexibility index (Phi) is 4.12. The van der Waals surface area contributed by atoms with Gasteiger partial charge in [0.25, 0.3) is 0 Å². The van der Waals surface area contributed by atoms with E-state index in [0.717, 1.165) is 12.1 Å². The zero-order valence-electron chi connectivity index (χ0n) is 11.1. The lowest BCUT2D eigenvalue weighted by molar-refractivity contribution is -0.137. The van der Waals surface area contributed by atoms with Crippen molar-refractivity contribution in [2.24, 2.45) is 5.73 Å². The number of nitrogens with two attached hydrogens (primary N) is 1. The second-order valence-corrected chi connectivity index (χ2v) is 4.83. The molecular weight excluding hydrogens is 257 g/mol. The lowest BCUT2D eigenvalue weighted by Crippen LogP contribution is -2.27. The fourth-order valence-corrected chi connectivity index (χ4v) is 1.45. The van der Waals surface area contributed by atoms with Crippen molar-refractivity contribution in [1.82, 2.24) is 0 Å². The maximum atomic E-state index is 12.8. The van der Waals surface area contributed by atoms with E-state index in [1.165, 1.54) is 6.07 Å². The van der Waals surface area contributed by atoms with Crippen molar-refractivity contribution in [1.29, 1.82) is 5.41 Å². The molecule has 6 heteroatoms. The summed E-state index contributed by atoms with van der Waals surface area (Å²) in [5.41, 5.74) is 3.42. The summed E-state index contributed by atoms with van der Waals surface area (Å²) in [6, 6.07) is 3.28. The highest BCUT2D eigenvalue weighted by Gasteiger charge is 2.34. The Labute approximate surface area is 110 Å². The predicted octanol–water partition coefficient (Wildman–Crippen LogP) is 3.56. The summed E-state index contributed by atoms with van der Waals surface area (Å²) in [6.45, 7) is 5.58. The predicted molar refractivity (Wildman–Crippen MR) is 67.5 cm³/mol. The molecule has 0 spiro atoms. The average Bonchev–Trinajstić information content (AvgIpc) is 2.26. The van der Waals surface area contributed by atoms with Crippen molar-refractivity contribution in [3.63, 3.8) is 0 Å². The van der Waals surface area contributed by atoms with Crippen molar-refractivity contribution in [2.75, 3.05) is 0 Å². The van der Waals surface area contributed by atoms with Gasteiger partial charge < -0.3 is 10.5 Å². The Bertz CT molecular complexity index is 481. The van der Waals surface area contributed by atoms with Gasteiger partial charge in [-0.25, -0.2) is 0 Å². The molecule has 3 N–H and O–H groups in total. The fraction of sp³-hybridized carbons (Fsp3) is 0.462. The van der Waals surface area contributed by atoms with E-state index in [1.54, 1.807) is 0 Å². The van der Waals surface area contributed by atoms with Crippen LogP contribution in [0.2, 0.25) is 0 Å². The highest BCUT2D eigenvalue weighted by molar-refractivity contribution is 5.97. The summed E-state index contributed by atoms with van der Waals surface area (Å²) in [5, 5.41) is 7.25. The third kappa shape index (κ3) is 3.87. The molecule has 1 rings (SSSR count). The van der Waals surface area contributed by atoms with E-state index in [-0.39, 0.29) is 11.3 Å². The molecule has 0 unspecified atom stereocenters. The third-order valence-corrected chi connectivity index (χ3v) is 2.83. The summed E-state index contributed by atoms with van der Waals surface area (Å²) in [4.78, 5) is 0. The molecule has 0 aliphatic heterocycles. The zero-order valence-corrected chi connectivity index (χ0v) is 11.1. The molecule has 3 nitrogen and oxygen atoms in total. The van der Waals surface area contributed by atoms with Gasteiger partial charge in [0.1, 0.15) is 17.2 Å². The van der Waals surface area contributed by atoms with Crippen LogP contribution in [-0.4, -0.2) is 11.4 Å². The second-order valence-electron chi connectivity index (χ2n) is 4.83. The number of amidine groups is 1. The van der Waals surface area contributed by atoms with Crippen molar-refractivity contribution in [3.05, 3.63) is 29.3 Å². The summed E-state index contributed by atoms with van der Waals surface area (Å²) in [5.74, 6) is -0.364. The van der Waals surface area contributed by atoms with Crippen molar-refractivity contribution in [3.8, 4) is 5.75 Å². The summed E-state index contributed by atoms with van der Waals surface area (Å²) < 4.78 is 43.8. The molecular formula is C13H17F3N2O. The topological polar surface area (TPSA) is 59.1 Å². The van der Waals surface area contributed by atoms with Gasteiger partial charge in [-0.05, 0) is 38.5 Å². The molecule has 0 saturated heterocycles. The van der Waals surface area contributed by atoms with Gasteiger partial charge in [-0.2, -0.15) is 13.2 Å². The Morgan fingerprint density at radius 2 is 1.89 bits per heavy atom. The molecule has 1 aromatic rings. The van der Waals surface area contributed by atoms with E-state index in [9.17, 15) is 13.2 Å². The number of alkyl halides is 3. The standard InChI is InChI=1S/C13H17F3N2O/c1-4-12(2,3)19-8-5-6-10(13(14,15)16)9(7-8)11(17)18/h5-7H,4H2,1-3H3,(H3,17,18). The smallest absolute Gasteiger partial charge is 0.417 e. The molecule has 0 fully saturated rings. The van der Waals surface area contributed by atoms with Crippen LogP contribution in [0.3, 0.4) is 0 Å². The molecule has 0 heterocycles. The van der Waals surface area contributed by atoms with Crippen LogP contribution >= 0.6 is 0 Å². The van der Waals surface area contributed by atoms with E-state index in [4.69, 9.17) is 15.9 Å². The minimum atomic E-state index is -4.54. The van der Waals surface area contributed by atoms with Crippen LogP contribution in [0.4, 0.5) is 13.2 Å². The minimum Gasteiger partial charge on any atom is -0.488 e. The van der Waals surface area contributed by atoms with E-state index in [0.29, 0.717) is 6.42 Å². The number of ether oxygens (including phenoxy) is 1. The van der Waals surface area contributed by atoms with Gasteiger partial charge in [0, 0.05) is 5.56 Å². The number of halogens is 3. The van der Waals surface area contributed by atoms with Crippen LogP contribution in [0.25, 0.3) is 0 Å². The summed E-state index contributed by atoms with van der Waals surface area (Å²) >= 11 is 0.